The maximum absolute atomic E-state index is 13.2. The van der Waals surface area contributed by atoms with Crippen molar-refractivity contribution >= 4 is 41.2 Å². The monoisotopic (exact) mass is 628 g/mol. The number of hydrogen-bond acceptors (Lipinski definition) is 9. The van der Waals surface area contributed by atoms with Gasteiger partial charge in [0.15, 0.2) is 0 Å². The van der Waals surface area contributed by atoms with E-state index in [2.05, 4.69) is 48.0 Å². The van der Waals surface area contributed by atoms with E-state index in [-0.39, 0.29) is 23.9 Å². The smallest absolute Gasteiger partial charge is 0.222 e. The van der Waals surface area contributed by atoms with Crippen LogP contribution in [0.2, 0.25) is 0 Å². The van der Waals surface area contributed by atoms with Crippen LogP contribution in [0.5, 0.6) is 5.75 Å². The number of nitrogen functional groups attached to an aromatic ring is 1. The molecule has 10 heteroatoms. The number of amides is 1. The third-order valence-corrected chi connectivity index (χ3v) is 8.84. The molecule has 0 saturated carbocycles. The molecular weight excluding hydrogens is 577 g/mol. The summed E-state index contributed by atoms with van der Waals surface area (Å²) >= 11 is 3.65. The van der Waals surface area contributed by atoms with E-state index in [0.29, 0.717) is 25.7 Å². The average molecular weight is 629 g/mol. The Morgan fingerprint density at radius 1 is 1.05 bits per heavy atom. The lowest BCUT2D eigenvalue weighted by Crippen LogP contribution is -2.35. The molecule has 0 saturated heterocycles. The molecule has 1 aromatic heterocycles. The number of carbonyl (C=O) groups is 1. The van der Waals surface area contributed by atoms with Crippen molar-refractivity contribution in [3.63, 3.8) is 0 Å². The van der Waals surface area contributed by atoms with Crippen molar-refractivity contribution in [2.45, 2.75) is 103 Å². The maximum atomic E-state index is 13.2. The molecule has 0 aliphatic heterocycles. The number of methoxy groups -OCH3 is 1. The number of aryl methyl sites for hydroxylation is 1. The lowest BCUT2D eigenvalue weighted by Gasteiger charge is -2.23. The summed E-state index contributed by atoms with van der Waals surface area (Å²) in [5.74, 6) is 3.77. The van der Waals surface area contributed by atoms with Crippen molar-refractivity contribution in [3.8, 4) is 11.8 Å². The number of anilines is 2. The number of aromatic nitrogens is 2. The molecule has 1 heterocycles. The summed E-state index contributed by atoms with van der Waals surface area (Å²) < 4.78 is 5.71. The predicted octanol–water partition coefficient (Wildman–Crippen LogP) is 6.81. The van der Waals surface area contributed by atoms with Crippen LogP contribution in [0.15, 0.2) is 18.2 Å². The fraction of sp³-hybridized carbons (Fsp3) is 0.636. The number of hydrogen-bond donors (Lipinski definition) is 3. The van der Waals surface area contributed by atoms with Gasteiger partial charge >= 0.3 is 0 Å². The summed E-state index contributed by atoms with van der Waals surface area (Å²) in [6, 6.07) is 8.53. The Hall–Kier alpha value is -2.64. The summed E-state index contributed by atoms with van der Waals surface area (Å²) in [6.07, 6.45) is 14.3. The topological polar surface area (TPSA) is 126 Å². The van der Waals surface area contributed by atoms with Gasteiger partial charge < -0.3 is 21.1 Å². The highest BCUT2D eigenvalue weighted by atomic mass is 32.2. The van der Waals surface area contributed by atoms with Crippen LogP contribution in [-0.4, -0.2) is 59.1 Å². The fourth-order valence-corrected chi connectivity index (χ4v) is 6.19. The highest BCUT2D eigenvalue weighted by Gasteiger charge is 2.21. The molecule has 0 aliphatic rings. The van der Waals surface area contributed by atoms with E-state index in [1.165, 1.54) is 0 Å². The fourth-order valence-electron chi connectivity index (χ4n) is 5.15. The summed E-state index contributed by atoms with van der Waals surface area (Å²) in [5, 5.41) is 16.3. The molecule has 2 atom stereocenters. The van der Waals surface area contributed by atoms with Gasteiger partial charge in [0.1, 0.15) is 11.6 Å². The van der Waals surface area contributed by atoms with Gasteiger partial charge in [-0.3, -0.25) is 4.79 Å². The van der Waals surface area contributed by atoms with E-state index in [1.807, 2.05) is 41.7 Å². The highest BCUT2D eigenvalue weighted by molar-refractivity contribution is 7.98. The maximum Gasteiger partial charge on any atom is 0.222 e. The third-order valence-electron chi connectivity index (χ3n) is 7.55. The number of nitrogens with zero attached hydrogens (tertiary/aromatic N) is 3. The van der Waals surface area contributed by atoms with Crippen molar-refractivity contribution in [1.29, 1.82) is 5.26 Å². The molecule has 0 spiro atoms. The quantitative estimate of drug-likeness (QED) is 0.129. The van der Waals surface area contributed by atoms with E-state index in [0.717, 1.165) is 96.8 Å². The second-order valence-corrected chi connectivity index (χ2v) is 12.9. The number of ether oxygens (including phenoxy) is 1. The van der Waals surface area contributed by atoms with Crippen LogP contribution < -0.4 is 21.1 Å². The molecule has 0 aliphatic carbocycles. The number of unbranched alkanes of at least 4 members (excludes halogenated alkanes) is 2. The lowest BCUT2D eigenvalue weighted by molar-refractivity contribution is -0.121. The van der Waals surface area contributed by atoms with Gasteiger partial charge in [-0.15, -0.1) is 0 Å². The SMILES string of the molecule is CCCC[C@@H](CCSC)NC(=O)CCc1nc(N)nc(N[C@@H](CCCC)CCSC)c1Cc1cc(CC#N)ccc1OC. The van der Waals surface area contributed by atoms with E-state index >= 15 is 0 Å². The number of carbonyl (C=O) groups excluding carboxylic acids is 1. The second-order valence-electron chi connectivity index (χ2n) is 11.0. The van der Waals surface area contributed by atoms with Gasteiger partial charge in [-0.2, -0.15) is 33.8 Å². The Morgan fingerprint density at radius 2 is 1.72 bits per heavy atom. The zero-order chi connectivity index (χ0) is 31.5. The molecule has 238 valence electrons. The van der Waals surface area contributed by atoms with Gasteiger partial charge in [-0.05, 0) is 73.3 Å². The predicted molar refractivity (Wildman–Crippen MR) is 184 cm³/mol. The van der Waals surface area contributed by atoms with Crippen LogP contribution in [0.3, 0.4) is 0 Å². The number of rotatable bonds is 22. The molecule has 0 bridgehead atoms. The average Bonchev–Trinajstić information content (AvgIpc) is 3.00. The Kier molecular flexibility index (Phi) is 18.0. The van der Waals surface area contributed by atoms with Crippen molar-refractivity contribution < 1.29 is 9.53 Å². The van der Waals surface area contributed by atoms with Crippen LogP contribution in [0.25, 0.3) is 0 Å². The minimum Gasteiger partial charge on any atom is -0.496 e. The van der Waals surface area contributed by atoms with Crippen molar-refractivity contribution in [2.75, 3.05) is 42.2 Å². The first kappa shape index (κ1) is 36.6. The number of nitrogens with two attached hydrogens (primary N) is 1. The van der Waals surface area contributed by atoms with Gasteiger partial charge in [0.25, 0.3) is 0 Å². The summed E-state index contributed by atoms with van der Waals surface area (Å²) in [6.45, 7) is 4.39. The first-order valence-corrected chi connectivity index (χ1v) is 18.4. The minimum atomic E-state index is 0.0363. The van der Waals surface area contributed by atoms with Gasteiger partial charge in [0.05, 0.1) is 25.3 Å². The summed E-state index contributed by atoms with van der Waals surface area (Å²) in [5.41, 5.74) is 9.85. The normalized spacial score (nSPS) is 12.4. The molecule has 43 heavy (non-hydrogen) atoms. The van der Waals surface area contributed by atoms with Crippen LogP contribution in [-0.2, 0) is 24.1 Å². The number of benzene rings is 1. The number of thioether (sulfide) groups is 2. The number of nitrogens with one attached hydrogen (secondary N) is 2. The Balaban J connectivity index is 2.44. The molecule has 0 unspecified atom stereocenters. The standard InChI is InChI=1S/C33H52N6O2S2/c1-6-8-10-26(17-20-42-4)36-31(40)15-13-29-28(23-25-22-24(16-19-34)12-14-30(25)41-3)32(39-33(35)38-29)37-27(11-9-7-2)18-21-43-5/h12,14,22,26-27H,6-11,13,15-18,20-21,23H2,1-5H3,(H,36,40)(H3,35,37,38,39)/t26-,27-/m0/s1. The second kappa shape index (κ2) is 21.1. The van der Waals surface area contributed by atoms with E-state index in [9.17, 15) is 10.1 Å². The third kappa shape index (κ3) is 13.3. The molecule has 1 amide bonds. The molecule has 1 aromatic carbocycles. The van der Waals surface area contributed by atoms with Crippen molar-refractivity contribution in [1.82, 2.24) is 15.3 Å². The Morgan fingerprint density at radius 3 is 2.35 bits per heavy atom. The van der Waals surface area contributed by atoms with Gasteiger partial charge in [0.2, 0.25) is 11.9 Å². The van der Waals surface area contributed by atoms with Crippen molar-refractivity contribution in [2.24, 2.45) is 0 Å². The van der Waals surface area contributed by atoms with Gasteiger partial charge in [0, 0.05) is 30.5 Å². The van der Waals surface area contributed by atoms with Crippen molar-refractivity contribution in [3.05, 3.63) is 40.6 Å². The molecular formula is C33H52N6O2S2. The molecule has 0 radical (unpaired) electrons. The zero-order valence-electron chi connectivity index (χ0n) is 26.8. The van der Waals surface area contributed by atoms with Crippen LogP contribution in [0.1, 0.15) is 94.0 Å². The first-order valence-electron chi connectivity index (χ1n) is 15.6. The van der Waals surface area contributed by atoms with Crippen LogP contribution in [0, 0.1) is 11.3 Å². The lowest BCUT2D eigenvalue weighted by atomic mass is 9.97. The van der Waals surface area contributed by atoms with Crippen LogP contribution >= 0.6 is 23.5 Å². The summed E-state index contributed by atoms with van der Waals surface area (Å²) in [4.78, 5) is 22.5. The van der Waals surface area contributed by atoms with E-state index < -0.39 is 0 Å². The molecule has 0 fully saturated rings. The van der Waals surface area contributed by atoms with Gasteiger partial charge in [-0.1, -0.05) is 51.7 Å². The van der Waals surface area contributed by atoms with E-state index in [4.69, 9.17) is 15.5 Å². The molecule has 4 N–H and O–H groups in total. The van der Waals surface area contributed by atoms with E-state index in [1.54, 1.807) is 7.11 Å². The minimum absolute atomic E-state index is 0.0363. The molecule has 8 nitrogen and oxygen atoms in total. The Bertz CT molecular complexity index is 1140. The largest absolute Gasteiger partial charge is 0.496 e. The summed E-state index contributed by atoms with van der Waals surface area (Å²) in [7, 11) is 1.65. The number of nitriles is 1. The first-order chi connectivity index (χ1) is 20.9. The molecule has 2 rings (SSSR count). The van der Waals surface area contributed by atoms with Crippen LogP contribution in [0.4, 0.5) is 11.8 Å². The zero-order valence-corrected chi connectivity index (χ0v) is 28.5. The Labute approximate surface area is 268 Å². The molecule has 2 aromatic rings. The highest BCUT2D eigenvalue weighted by Crippen LogP contribution is 2.30. The van der Waals surface area contributed by atoms with Gasteiger partial charge in [-0.25, -0.2) is 4.98 Å².